The van der Waals surface area contributed by atoms with Gasteiger partial charge in [0.15, 0.2) is 9.84 Å². The third kappa shape index (κ3) is 2.99. The molecule has 6 nitrogen and oxygen atoms in total. The van der Waals surface area contributed by atoms with Crippen molar-refractivity contribution in [2.45, 2.75) is 6.18 Å². The highest BCUT2D eigenvalue weighted by molar-refractivity contribution is 7.91. The molecule has 2 rings (SSSR count). The van der Waals surface area contributed by atoms with Crippen LogP contribution in [0, 0.1) is 11.3 Å². The van der Waals surface area contributed by atoms with Crippen molar-refractivity contribution in [3.05, 3.63) is 28.8 Å². The maximum absolute atomic E-state index is 12.8. The maximum atomic E-state index is 12.8. The number of amides is 1. The Balaban J connectivity index is 2.48. The molecule has 1 aromatic carbocycles. The first-order valence-corrected chi connectivity index (χ1v) is 7.71. The average molecular weight is 334 g/mol. The Hall–Kier alpha value is -2.28. The van der Waals surface area contributed by atoms with Crippen LogP contribution in [-0.4, -0.2) is 42.5 Å². The van der Waals surface area contributed by atoms with Crippen LogP contribution < -0.4 is 0 Å². The number of benzene rings is 1. The summed E-state index contributed by atoms with van der Waals surface area (Å²) in [5.74, 6) is -3.06. The van der Waals surface area contributed by atoms with Gasteiger partial charge in [-0.2, -0.15) is 18.4 Å². The van der Waals surface area contributed by atoms with Gasteiger partial charge in [0.2, 0.25) is 0 Å². The van der Waals surface area contributed by atoms with E-state index in [0.29, 0.717) is 6.07 Å². The molecule has 0 aromatic heterocycles. The second-order valence-corrected chi connectivity index (χ2v) is 6.83. The van der Waals surface area contributed by atoms with Crippen molar-refractivity contribution in [1.29, 1.82) is 5.26 Å². The van der Waals surface area contributed by atoms with Gasteiger partial charge in [-0.15, -0.1) is 0 Å². The third-order valence-electron chi connectivity index (χ3n) is 3.09. The molecule has 0 bridgehead atoms. The van der Waals surface area contributed by atoms with Crippen molar-refractivity contribution < 1.29 is 31.5 Å². The van der Waals surface area contributed by atoms with E-state index in [1.807, 2.05) is 0 Å². The highest BCUT2D eigenvalue weighted by atomic mass is 32.2. The molecule has 1 aromatic rings. The van der Waals surface area contributed by atoms with E-state index in [1.165, 1.54) is 6.07 Å². The van der Waals surface area contributed by atoms with E-state index in [4.69, 9.17) is 5.26 Å². The number of hydrogen-bond donors (Lipinski definition) is 1. The molecular weight excluding hydrogens is 325 g/mol. The first-order chi connectivity index (χ1) is 10.0. The van der Waals surface area contributed by atoms with Gasteiger partial charge in [0.25, 0.3) is 5.91 Å². The van der Waals surface area contributed by atoms with Crippen molar-refractivity contribution >= 4 is 15.7 Å². The van der Waals surface area contributed by atoms with Gasteiger partial charge in [0.1, 0.15) is 17.7 Å². The zero-order chi connectivity index (χ0) is 16.7. The Morgan fingerprint density at radius 2 is 2.00 bits per heavy atom. The topological polar surface area (TPSA) is 98.5 Å². The number of aromatic hydroxyl groups is 1. The lowest BCUT2D eigenvalue weighted by Crippen LogP contribution is -2.29. The summed E-state index contributed by atoms with van der Waals surface area (Å²) >= 11 is 0. The largest absolute Gasteiger partial charge is 0.506 e. The molecule has 0 unspecified atom stereocenters. The third-order valence-corrected chi connectivity index (χ3v) is 4.60. The number of halogens is 3. The minimum Gasteiger partial charge on any atom is -0.506 e. The van der Waals surface area contributed by atoms with E-state index in [-0.39, 0.29) is 12.3 Å². The van der Waals surface area contributed by atoms with Crippen LogP contribution >= 0.6 is 0 Å². The number of hydrogen-bond acceptors (Lipinski definition) is 5. The average Bonchev–Trinajstić information content (AvgIpc) is 2.77. The van der Waals surface area contributed by atoms with Crippen LogP contribution in [0.15, 0.2) is 12.1 Å². The summed E-state index contributed by atoms with van der Waals surface area (Å²) in [6, 6.07) is 2.58. The molecule has 0 aliphatic carbocycles. The highest BCUT2D eigenvalue weighted by Gasteiger charge is 2.37. The molecule has 1 saturated heterocycles. The van der Waals surface area contributed by atoms with Crippen LogP contribution in [0.25, 0.3) is 0 Å². The molecule has 0 saturated carbocycles. The van der Waals surface area contributed by atoms with Gasteiger partial charge in [-0.3, -0.25) is 4.79 Å². The molecule has 1 amide bonds. The van der Waals surface area contributed by atoms with Crippen LogP contribution in [0.2, 0.25) is 0 Å². The fraction of sp³-hybridized carbons (Fsp3) is 0.333. The van der Waals surface area contributed by atoms with Gasteiger partial charge in [-0.1, -0.05) is 0 Å². The van der Waals surface area contributed by atoms with Crippen LogP contribution in [0.5, 0.6) is 5.75 Å². The van der Waals surface area contributed by atoms with E-state index in [0.717, 1.165) is 11.0 Å². The van der Waals surface area contributed by atoms with Crippen molar-refractivity contribution in [3.8, 4) is 11.8 Å². The highest BCUT2D eigenvalue weighted by Crippen LogP contribution is 2.38. The van der Waals surface area contributed by atoms with E-state index in [1.54, 1.807) is 0 Å². The van der Waals surface area contributed by atoms with Gasteiger partial charge in [0.05, 0.1) is 16.9 Å². The van der Waals surface area contributed by atoms with Gasteiger partial charge in [0, 0.05) is 12.1 Å². The van der Waals surface area contributed by atoms with Gasteiger partial charge < -0.3 is 10.0 Å². The minimum absolute atomic E-state index is 0.134. The number of nitrogens with zero attached hydrogens (tertiary/aromatic N) is 2. The maximum Gasteiger partial charge on any atom is 0.420 e. The molecule has 10 heteroatoms. The molecule has 1 heterocycles. The summed E-state index contributed by atoms with van der Waals surface area (Å²) in [5.41, 5.74) is -2.73. The van der Waals surface area contributed by atoms with Crippen LogP contribution in [0.3, 0.4) is 0 Å². The van der Waals surface area contributed by atoms with Crippen molar-refractivity contribution in [1.82, 2.24) is 4.90 Å². The number of carbonyl (C=O) groups is 1. The summed E-state index contributed by atoms with van der Waals surface area (Å²) in [4.78, 5) is 13.0. The summed E-state index contributed by atoms with van der Waals surface area (Å²) in [5, 5.41) is 18.2. The molecule has 0 radical (unpaired) electrons. The fourth-order valence-electron chi connectivity index (χ4n) is 2.02. The lowest BCUT2D eigenvalue weighted by Gasteiger charge is -2.16. The van der Waals surface area contributed by atoms with Crippen molar-refractivity contribution in [3.63, 3.8) is 0 Å². The number of phenols is 1. The van der Waals surface area contributed by atoms with Crippen LogP contribution in [-0.2, 0) is 16.0 Å². The van der Waals surface area contributed by atoms with Gasteiger partial charge in [-0.25, -0.2) is 8.42 Å². The number of nitriles is 1. The normalized spacial score (nSPS) is 17.3. The smallest absolute Gasteiger partial charge is 0.420 e. The number of sulfone groups is 1. The van der Waals surface area contributed by atoms with Crippen LogP contribution in [0.1, 0.15) is 21.5 Å². The Labute approximate surface area is 123 Å². The van der Waals surface area contributed by atoms with Crippen molar-refractivity contribution in [2.24, 2.45) is 0 Å². The predicted octanol–water partition coefficient (Wildman–Crippen LogP) is 1.11. The molecular formula is C12H9F3N2O4S. The number of rotatable bonds is 1. The standard InChI is InChI=1S/C12H9F3N2O4S/c13-12(14,15)9-4-7(3-8(5-16)10(9)18)11(19)17-1-2-22(20,21)6-17/h3-4,18H,1-2,6H2. The Kier molecular flexibility index (Phi) is 3.78. The summed E-state index contributed by atoms with van der Waals surface area (Å²) < 4.78 is 61.1. The van der Waals surface area contributed by atoms with Gasteiger partial charge in [-0.05, 0) is 12.1 Å². The zero-order valence-corrected chi connectivity index (χ0v) is 11.7. The van der Waals surface area contributed by atoms with E-state index < -0.39 is 50.2 Å². The Morgan fingerprint density at radius 3 is 2.45 bits per heavy atom. The Bertz CT molecular complexity index is 781. The van der Waals surface area contributed by atoms with E-state index in [9.17, 15) is 31.5 Å². The number of phenolic OH excluding ortho intramolecular Hbond substituents is 1. The van der Waals surface area contributed by atoms with Crippen LogP contribution in [0.4, 0.5) is 13.2 Å². The zero-order valence-electron chi connectivity index (χ0n) is 10.9. The quantitative estimate of drug-likeness (QED) is 0.829. The molecule has 22 heavy (non-hydrogen) atoms. The first kappa shape index (κ1) is 16.1. The summed E-state index contributed by atoms with van der Waals surface area (Å²) in [6.45, 7) is -0.134. The lowest BCUT2D eigenvalue weighted by atomic mass is 10.0. The number of carbonyl (C=O) groups excluding carboxylic acids is 1. The monoisotopic (exact) mass is 334 g/mol. The Morgan fingerprint density at radius 1 is 1.36 bits per heavy atom. The lowest BCUT2D eigenvalue weighted by molar-refractivity contribution is -0.138. The molecule has 0 atom stereocenters. The van der Waals surface area contributed by atoms with Crippen molar-refractivity contribution in [2.75, 3.05) is 18.2 Å². The van der Waals surface area contributed by atoms with Gasteiger partial charge >= 0.3 is 6.18 Å². The summed E-state index contributed by atoms with van der Waals surface area (Å²) in [6.07, 6.45) is -4.96. The molecule has 1 fully saturated rings. The summed E-state index contributed by atoms with van der Waals surface area (Å²) in [7, 11) is -3.44. The SMILES string of the molecule is N#Cc1cc(C(=O)N2CCS(=O)(=O)C2)cc(C(F)(F)F)c1O. The molecule has 1 N–H and O–H groups in total. The minimum atomic E-state index is -4.96. The second-order valence-electron chi connectivity index (χ2n) is 4.67. The molecule has 118 valence electrons. The van der Waals surface area contributed by atoms with E-state index in [2.05, 4.69) is 0 Å². The number of alkyl halides is 3. The fourth-order valence-corrected chi connectivity index (χ4v) is 3.37. The molecule has 0 spiro atoms. The first-order valence-electron chi connectivity index (χ1n) is 5.89. The molecule has 1 aliphatic heterocycles. The van der Waals surface area contributed by atoms with E-state index >= 15 is 0 Å². The second kappa shape index (κ2) is 5.17. The molecule has 1 aliphatic rings. The predicted molar refractivity (Wildman–Crippen MR) is 67.5 cm³/mol.